The summed E-state index contributed by atoms with van der Waals surface area (Å²) in [4.78, 5) is 11.9. The van der Waals surface area contributed by atoms with Crippen molar-refractivity contribution in [2.75, 3.05) is 11.9 Å². The fraction of sp³-hybridized carbons (Fsp3) is 0.235. The maximum atomic E-state index is 11.9. The third kappa shape index (κ3) is 4.12. The monoisotopic (exact) mass is 268 g/mol. The number of nitrogens with one attached hydrogen (secondary N) is 2. The topological polar surface area (TPSA) is 41.1 Å². The summed E-state index contributed by atoms with van der Waals surface area (Å²) in [6, 6.07) is 17.9. The predicted octanol–water partition coefficient (Wildman–Crippen LogP) is 3.28. The van der Waals surface area contributed by atoms with E-state index < -0.39 is 0 Å². The van der Waals surface area contributed by atoms with Gasteiger partial charge in [0.1, 0.15) is 0 Å². The van der Waals surface area contributed by atoms with E-state index in [9.17, 15) is 4.79 Å². The Morgan fingerprint density at radius 2 is 1.85 bits per heavy atom. The van der Waals surface area contributed by atoms with Crippen LogP contribution in [0.25, 0.3) is 0 Å². The van der Waals surface area contributed by atoms with E-state index in [2.05, 4.69) is 29.7 Å². The number of rotatable bonds is 5. The van der Waals surface area contributed by atoms with Gasteiger partial charge in [0.05, 0.1) is 12.6 Å². The molecular formula is C17H20N2O. The first kappa shape index (κ1) is 14.1. The fourth-order valence-electron chi connectivity index (χ4n) is 2.05. The van der Waals surface area contributed by atoms with Crippen LogP contribution in [0.5, 0.6) is 0 Å². The normalized spacial score (nSPS) is 11.7. The zero-order valence-electron chi connectivity index (χ0n) is 11.9. The first-order valence-electron chi connectivity index (χ1n) is 6.80. The van der Waals surface area contributed by atoms with Crippen molar-refractivity contribution in [3.63, 3.8) is 0 Å². The van der Waals surface area contributed by atoms with Crippen molar-refractivity contribution in [2.45, 2.75) is 19.9 Å². The van der Waals surface area contributed by atoms with Crippen LogP contribution in [0.2, 0.25) is 0 Å². The van der Waals surface area contributed by atoms with E-state index in [1.54, 1.807) is 0 Å². The van der Waals surface area contributed by atoms with Gasteiger partial charge in [-0.2, -0.15) is 0 Å². The SMILES string of the molecule is Cc1cccc([C@@H](C)NC(=O)CNc2ccccc2)c1. The van der Waals surface area contributed by atoms with Gasteiger partial charge in [-0.25, -0.2) is 0 Å². The summed E-state index contributed by atoms with van der Waals surface area (Å²) in [5.41, 5.74) is 3.27. The number of hydrogen-bond donors (Lipinski definition) is 2. The summed E-state index contributed by atoms with van der Waals surface area (Å²) >= 11 is 0. The number of carbonyl (C=O) groups is 1. The van der Waals surface area contributed by atoms with Crippen molar-refractivity contribution in [1.82, 2.24) is 5.32 Å². The minimum absolute atomic E-state index is 0.0112. The van der Waals surface area contributed by atoms with Crippen LogP contribution in [0.1, 0.15) is 24.1 Å². The van der Waals surface area contributed by atoms with Gasteiger partial charge in [-0.1, -0.05) is 48.0 Å². The summed E-state index contributed by atoms with van der Waals surface area (Å²) < 4.78 is 0. The highest BCUT2D eigenvalue weighted by Gasteiger charge is 2.09. The van der Waals surface area contributed by atoms with Crippen molar-refractivity contribution in [1.29, 1.82) is 0 Å². The lowest BCUT2D eigenvalue weighted by molar-refractivity contribution is -0.120. The Hall–Kier alpha value is -2.29. The van der Waals surface area contributed by atoms with Crippen LogP contribution in [-0.4, -0.2) is 12.5 Å². The average molecular weight is 268 g/mol. The molecule has 0 unspecified atom stereocenters. The molecule has 0 heterocycles. The first-order chi connectivity index (χ1) is 9.65. The van der Waals surface area contributed by atoms with Gasteiger partial charge in [-0.05, 0) is 31.5 Å². The Labute approximate surface area is 120 Å². The molecule has 0 radical (unpaired) electrons. The van der Waals surface area contributed by atoms with Crippen LogP contribution in [0.3, 0.4) is 0 Å². The second-order valence-electron chi connectivity index (χ2n) is 4.92. The summed E-state index contributed by atoms with van der Waals surface area (Å²) in [5.74, 6) is -0.0112. The molecule has 0 spiro atoms. The summed E-state index contributed by atoms with van der Waals surface area (Å²) in [6.07, 6.45) is 0. The molecule has 3 nitrogen and oxygen atoms in total. The Bertz CT molecular complexity index is 566. The number of carbonyl (C=O) groups excluding carboxylic acids is 1. The Balaban J connectivity index is 1.85. The Kier molecular flexibility index (Phi) is 4.77. The lowest BCUT2D eigenvalue weighted by atomic mass is 10.1. The molecule has 0 saturated heterocycles. The standard InChI is InChI=1S/C17H20N2O/c1-13-7-6-8-15(11-13)14(2)19-17(20)12-18-16-9-4-3-5-10-16/h3-11,14,18H,12H2,1-2H3,(H,19,20)/t14-/m1/s1. The number of hydrogen-bond acceptors (Lipinski definition) is 2. The average Bonchev–Trinajstić information content (AvgIpc) is 2.46. The van der Waals surface area contributed by atoms with Gasteiger partial charge in [0.25, 0.3) is 0 Å². The van der Waals surface area contributed by atoms with Crippen LogP contribution in [0.15, 0.2) is 54.6 Å². The summed E-state index contributed by atoms with van der Waals surface area (Å²) in [6.45, 7) is 4.32. The number of aryl methyl sites for hydroxylation is 1. The van der Waals surface area contributed by atoms with Gasteiger partial charge >= 0.3 is 0 Å². The van der Waals surface area contributed by atoms with Gasteiger partial charge in [-0.15, -0.1) is 0 Å². The summed E-state index contributed by atoms with van der Waals surface area (Å²) in [7, 11) is 0. The van der Waals surface area contributed by atoms with Crippen molar-refractivity contribution >= 4 is 11.6 Å². The van der Waals surface area contributed by atoms with E-state index in [4.69, 9.17) is 0 Å². The number of benzene rings is 2. The largest absolute Gasteiger partial charge is 0.376 e. The third-order valence-corrected chi connectivity index (χ3v) is 3.15. The van der Waals surface area contributed by atoms with E-state index in [1.165, 1.54) is 5.56 Å². The minimum atomic E-state index is -0.0112. The molecule has 0 bridgehead atoms. The van der Waals surface area contributed by atoms with E-state index in [-0.39, 0.29) is 18.5 Å². The van der Waals surface area contributed by atoms with Crippen molar-refractivity contribution in [2.24, 2.45) is 0 Å². The smallest absolute Gasteiger partial charge is 0.239 e. The van der Waals surface area contributed by atoms with Crippen molar-refractivity contribution in [3.05, 3.63) is 65.7 Å². The highest BCUT2D eigenvalue weighted by molar-refractivity contribution is 5.81. The molecule has 3 heteroatoms. The summed E-state index contributed by atoms with van der Waals surface area (Å²) in [5, 5.41) is 6.09. The maximum absolute atomic E-state index is 11.9. The van der Waals surface area contributed by atoms with Gasteiger partial charge in [0, 0.05) is 5.69 Å². The minimum Gasteiger partial charge on any atom is -0.376 e. The zero-order chi connectivity index (χ0) is 14.4. The predicted molar refractivity (Wildman–Crippen MR) is 82.7 cm³/mol. The van der Waals surface area contributed by atoms with Crippen LogP contribution in [0.4, 0.5) is 5.69 Å². The Morgan fingerprint density at radius 1 is 1.10 bits per heavy atom. The molecule has 0 saturated carbocycles. The van der Waals surface area contributed by atoms with Gasteiger partial charge in [0.15, 0.2) is 0 Å². The molecule has 1 atom stereocenters. The zero-order valence-corrected chi connectivity index (χ0v) is 11.9. The molecule has 0 aromatic heterocycles. The van der Waals surface area contributed by atoms with Crippen LogP contribution in [0, 0.1) is 6.92 Å². The molecule has 0 fully saturated rings. The highest BCUT2D eigenvalue weighted by Crippen LogP contribution is 2.13. The van der Waals surface area contributed by atoms with Gasteiger partial charge < -0.3 is 10.6 Å². The van der Waals surface area contributed by atoms with E-state index in [0.29, 0.717) is 0 Å². The van der Waals surface area contributed by atoms with Crippen LogP contribution >= 0.6 is 0 Å². The fourth-order valence-corrected chi connectivity index (χ4v) is 2.05. The number of amides is 1. The molecule has 1 amide bonds. The molecule has 2 N–H and O–H groups in total. The molecule has 0 aliphatic rings. The second-order valence-corrected chi connectivity index (χ2v) is 4.92. The lowest BCUT2D eigenvalue weighted by Crippen LogP contribution is -2.32. The van der Waals surface area contributed by atoms with Crippen molar-refractivity contribution in [3.8, 4) is 0 Å². The lowest BCUT2D eigenvalue weighted by Gasteiger charge is -2.15. The highest BCUT2D eigenvalue weighted by atomic mass is 16.1. The van der Waals surface area contributed by atoms with E-state index >= 15 is 0 Å². The Morgan fingerprint density at radius 3 is 2.55 bits per heavy atom. The van der Waals surface area contributed by atoms with Gasteiger partial charge in [0.2, 0.25) is 5.91 Å². The molecule has 104 valence electrons. The molecule has 0 aliphatic heterocycles. The number of para-hydroxylation sites is 1. The molecule has 0 aliphatic carbocycles. The maximum Gasteiger partial charge on any atom is 0.239 e. The van der Waals surface area contributed by atoms with Crippen molar-refractivity contribution < 1.29 is 4.79 Å². The quantitative estimate of drug-likeness (QED) is 0.873. The molecule has 2 rings (SSSR count). The van der Waals surface area contributed by atoms with Gasteiger partial charge in [-0.3, -0.25) is 4.79 Å². The first-order valence-corrected chi connectivity index (χ1v) is 6.80. The second kappa shape index (κ2) is 6.75. The molecule has 20 heavy (non-hydrogen) atoms. The van der Waals surface area contributed by atoms with E-state index in [1.807, 2.05) is 49.4 Å². The van der Waals surface area contributed by atoms with Crippen LogP contribution in [-0.2, 0) is 4.79 Å². The molecule has 2 aromatic rings. The molecular weight excluding hydrogens is 248 g/mol. The van der Waals surface area contributed by atoms with Crippen LogP contribution < -0.4 is 10.6 Å². The van der Waals surface area contributed by atoms with E-state index in [0.717, 1.165) is 11.3 Å². The third-order valence-electron chi connectivity index (χ3n) is 3.15. The molecule has 2 aromatic carbocycles. The number of anilines is 1.